The van der Waals surface area contributed by atoms with Gasteiger partial charge in [-0.3, -0.25) is 0 Å². The lowest BCUT2D eigenvalue weighted by Gasteiger charge is -2.30. The minimum absolute atomic E-state index is 0.118. The third kappa shape index (κ3) is 10.5. The number of phenolic OH excluding ortho intramolecular Hbond substituents is 6. The van der Waals surface area contributed by atoms with Gasteiger partial charge in [0.1, 0.15) is 6.10 Å². The van der Waals surface area contributed by atoms with E-state index in [2.05, 4.69) is 0 Å². The Hall–Kier alpha value is -7.01. The molecule has 0 aliphatic heterocycles. The van der Waals surface area contributed by atoms with Crippen molar-refractivity contribution in [1.82, 2.24) is 0 Å². The smallest absolute Gasteiger partial charge is 0.349 e. The van der Waals surface area contributed by atoms with Gasteiger partial charge in [-0.05, 0) is 71.3 Å². The first-order valence-electron chi connectivity index (χ1n) is 13.9. The number of benzene rings is 3. The summed E-state index contributed by atoms with van der Waals surface area (Å²) < 4.78 is 14.7. The molecule has 0 unspecified atom stereocenters. The lowest BCUT2D eigenvalue weighted by atomic mass is 10.0. The molecular weight excluding hydrogens is 668 g/mol. The number of aliphatic hydroxyl groups is 1. The number of rotatable bonds is 14. The second kappa shape index (κ2) is 16.7. The normalized spacial score (nSPS) is 13.8. The predicted octanol–water partition coefficient (Wildman–Crippen LogP) is 1.63. The van der Waals surface area contributed by atoms with E-state index >= 15 is 0 Å². The monoisotopic (exact) mass is 696 g/mol. The van der Waals surface area contributed by atoms with Gasteiger partial charge >= 0.3 is 29.8 Å². The lowest BCUT2D eigenvalue weighted by Crippen LogP contribution is -2.54. The molecule has 3 aromatic rings. The van der Waals surface area contributed by atoms with E-state index in [0.717, 1.165) is 54.6 Å². The fourth-order valence-electron chi connectivity index (χ4n) is 3.93. The van der Waals surface area contributed by atoms with Crippen LogP contribution in [0.2, 0.25) is 0 Å². The largest absolute Gasteiger partial charge is 0.504 e. The van der Waals surface area contributed by atoms with Crippen molar-refractivity contribution in [3.8, 4) is 34.5 Å². The van der Waals surface area contributed by atoms with Gasteiger partial charge in [0.25, 0.3) is 0 Å². The van der Waals surface area contributed by atoms with Gasteiger partial charge < -0.3 is 60.2 Å². The molecule has 0 aliphatic carbocycles. The van der Waals surface area contributed by atoms with E-state index in [4.69, 9.17) is 14.2 Å². The molecule has 0 radical (unpaired) electrons. The van der Waals surface area contributed by atoms with E-state index in [-0.39, 0.29) is 16.7 Å². The Morgan fingerprint density at radius 3 is 1.12 bits per heavy atom. The lowest BCUT2D eigenvalue weighted by molar-refractivity contribution is -0.196. The highest BCUT2D eigenvalue weighted by atomic mass is 16.6. The molecule has 4 atom stereocenters. The summed E-state index contributed by atoms with van der Waals surface area (Å²) in [6.45, 7) is 0. The van der Waals surface area contributed by atoms with Gasteiger partial charge in [0.05, 0.1) is 0 Å². The molecule has 9 N–H and O–H groups in total. The summed E-state index contributed by atoms with van der Waals surface area (Å²) in [5.41, 5.74) is 0.386. The van der Waals surface area contributed by atoms with Crippen LogP contribution in [-0.2, 0) is 38.2 Å². The Kier molecular flexibility index (Phi) is 12.5. The second-order valence-corrected chi connectivity index (χ2v) is 10.0. The van der Waals surface area contributed by atoms with Crippen LogP contribution >= 0.6 is 0 Å². The maximum absolute atomic E-state index is 12.8. The van der Waals surface area contributed by atoms with Crippen LogP contribution in [-0.4, -0.2) is 100 Å². The van der Waals surface area contributed by atoms with E-state index in [1.54, 1.807) is 0 Å². The van der Waals surface area contributed by atoms with Crippen molar-refractivity contribution < 1.29 is 84.1 Å². The summed E-state index contributed by atoms with van der Waals surface area (Å²) in [6, 6.07) is 10.1. The molecule has 0 fully saturated rings. The highest BCUT2D eigenvalue weighted by Gasteiger charge is 2.46. The van der Waals surface area contributed by atoms with Gasteiger partial charge in [0.15, 0.2) is 40.6 Å². The van der Waals surface area contributed by atoms with Crippen molar-refractivity contribution in [2.75, 3.05) is 0 Å². The second-order valence-electron chi connectivity index (χ2n) is 10.0. The molecule has 0 amide bonds. The predicted molar refractivity (Wildman–Crippen MR) is 167 cm³/mol. The molecule has 3 aromatic carbocycles. The summed E-state index contributed by atoms with van der Waals surface area (Å²) >= 11 is 0. The number of phenols is 6. The van der Waals surface area contributed by atoms with E-state index in [9.17, 15) is 69.9 Å². The molecule has 0 aromatic heterocycles. The van der Waals surface area contributed by atoms with Gasteiger partial charge in [-0.2, -0.15) is 0 Å². The molecule has 50 heavy (non-hydrogen) atoms. The molecule has 0 spiro atoms. The Balaban J connectivity index is 1.91. The summed E-state index contributed by atoms with van der Waals surface area (Å²) in [5.74, 6) is -11.5. The zero-order valence-corrected chi connectivity index (χ0v) is 25.3. The standard InChI is InChI=1S/C33H28O17/c34-19-7-1-16(13-22(19)37)4-10-25(40)48-29(31(33(46)47)50-27(42)12-6-18-3-9-21(36)24(39)15-18)28(43)30(32(44)45)49-26(41)11-5-17-2-8-20(35)23(38)14-17/h1-15,28-31,34-39,43H,(H,44,45)(H,46,47)/b10-4+,11-5+,12-6+/t28-,29+,30-,31-/m0/s1. The Labute approximate surface area is 280 Å². The Morgan fingerprint density at radius 1 is 0.480 bits per heavy atom. The number of carbonyl (C=O) groups is 5. The van der Waals surface area contributed by atoms with Crippen molar-refractivity contribution in [2.45, 2.75) is 24.4 Å². The molecule has 17 heteroatoms. The number of carboxylic acid groups (broad SMARTS) is 2. The van der Waals surface area contributed by atoms with E-state index in [1.165, 1.54) is 18.2 Å². The van der Waals surface area contributed by atoms with Crippen LogP contribution in [0.5, 0.6) is 34.5 Å². The van der Waals surface area contributed by atoms with Crippen LogP contribution in [0, 0.1) is 0 Å². The maximum atomic E-state index is 12.8. The maximum Gasteiger partial charge on any atom is 0.349 e. The SMILES string of the molecule is O=C(/C=C/c1ccc(O)c(O)c1)O[C@H]([C@H](O)[C@H](OC(=O)/C=C/c1ccc(O)c(O)c1)C(=O)O)[C@H](OC(=O)/C=C/c1ccc(O)c(O)c1)C(=O)O. The molecule has 262 valence electrons. The zero-order chi connectivity index (χ0) is 37.1. The van der Waals surface area contributed by atoms with Crippen LogP contribution in [0.25, 0.3) is 18.2 Å². The van der Waals surface area contributed by atoms with Crippen LogP contribution < -0.4 is 0 Å². The van der Waals surface area contributed by atoms with Crippen LogP contribution in [0.4, 0.5) is 0 Å². The van der Waals surface area contributed by atoms with E-state index < -0.39 is 88.8 Å². The minimum atomic E-state index is -2.72. The zero-order valence-electron chi connectivity index (χ0n) is 25.3. The van der Waals surface area contributed by atoms with E-state index in [0.29, 0.717) is 18.2 Å². The molecular formula is C33H28O17. The average molecular weight is 697 g/mol. The van der Waals surface area contributed by atoms with Gasteiger partial charge in [-0.15, -0.1) is 0 Å². The van der Waals surface area contributed by atoms with Gasteiger partial charge in [-0.1, -0.05) is 18.2 Å². The Bertz CT molecular complexity index is 1860. The molecule has 0 saturated heterocycles. The number of hydrogen-bond donors (Lipinski definition) is 9. The number of hydrogen-bond acceptors (Lipinski definition) is 15. The van der Waals surface area contributed by atoms with Gasteiger partial charge in [0.2, 0.25) is 12.2 Å². The summed E-state index contributed by atoms with van der Waals surface area (Å²) in [6.07, 6.45) is -5.53. The fraction of sp³-hybridized carbons (Fsp3) is 0.121. The van der Waals surface area contributed by atoms with Crippen molar-refractivity contribution in [3.63, 3.8) is 0 Å². The first kappa shape index (κ1) is 37.4. The number of carbonyl (C=O) groups excluding carboxylic acids is 3. The topological polar surface area (TPSA) is 295 Å². The number of aliphatic carboxylic acids is 2. The Morgan fingerprint density at radius 2 is 0.800 bits per heavy atom. The summed E-state index contributed by atoms with van der Waals surface area (Å²) in [7, 11) is 0. The number of aromatic hydroxyl groups is 6. The quantitative estimate of drug-likeness (QED) is 0.0501. The molecule has 17 nitrogen and oxygen atoms in total. The third-order valence-corrected chi connectivity index (χ3v) is 6.40. The van der Waals surface area contributed by atoms with Crippen molar-refractivity contribution in [3.05, 3.63) is 89.5 Å². The average Bonchev–Trinajstić information content (AvgIpc) is 3.06. The first-order valence-corrected chi connectivity index (χ1v) is 13.9. The van der Waals surface area contributed by atoms with E-state index in [1.807, 2.05) is 0 Å². The van der Waals surface area contributed by atoms with Gasteiger partial charge in [-0.25, -0.2) is 24.0 Å². The molecule has 0 saturated carbocycles. The van der Waals surface area contributed by atoms with Crippen LogP contribution in [0.3, 0.4) is 0 Å². The molecule has 0 aliphatic rings. The number of esters is 3. The fourth-order valence-corrected chi connectivity index (χ4v) is 3.93. The molecule has 3 rings (SSSR count). The van der Waals surface area contributed by atoms with Crippen LogP contribution in [0.15, 0.2) is 72.8 Å². The molecule has 0 bridgehead atoms. The van der Waals surface area contributed by atoms with Crippen molar-refractivity contribution in [2.24, 2.45) is 0 Å². The number of aliphatic hydroxyl groups excluding tert-OH is 1. The summed E-state index contributed by atoms with van der Waals surface area (Å²) in [5, 5.41) is 87.8. The molecule has 0 heterocycles. The van der Waals surface area contributed by atoms with Crippen molar-refractivity contribution >= 4 is 48.1 Å². The third-order valence-electron chi connectivity index (χ3n) is 6.40. The van der Waals surface area contributed by atoms with Crippen LogP contribution in [0.1, 0.15) is 16.7 Å². The first-order chi connectivity index (χ1) is 23.5. The summed E-state index contributed by atoms with van der Waals surface area (Å²) in [4.78, 5) is 62.2. The van der Waals surface area contributed by atoms with Gasteiger partial charge in [0, 0.05) is 18.2 Å². The highest BCUT2D eigenvalue weighted by molar-refractivity contribution is 5.91. The number of carboxylic acids is 2. The minimum Gasteiger partial charge on any atom is -0.504 e. The highest BCUT2D eigenvalue weighted by Crippen LogP contribution is 2.27. The number of ether oxygens (including phenoxy) is 3. The van der Waals surface area contributed by atoms with Crippen molar-refractivity contribution in [1.29, 1.82) is 0 Å².